The van der Waals surface area contributed by atoms with Crippen LogP contribution in [0.5, 0.6) is 11.5 Å². The van der Waals surface area contributed by atoms with Crippen LogP contribution in [-0.2, 0) is 30.9 Å². The molecule has 11 heteroatoms. The SMILES string of the molecule is COCc1[nH]nc(C(=O)NCc2cc(OCF)ccc2OCF)c1Cc1ccc(Cn2ccccc2=O)cc1. The molecule has 0 bridgehead atoms. The zero-order valence-electron chi connectivity index (χ0n) is 21.3. The number of nitrogens with one attached hydrogen (secondary N) is 2. The highest BCUT2D eigenvalue weighted by atomic mass is 19.1. The summed E-state index contributed by atoms with van der Waals surface area (Å²) in [6.45, 7) is -1.45. The van der Waals surface area contributed by atoms with Crippen LogP contribution in [0.4, 0.5) is 8.78 Å². The monoisotopic (exact) mass is 538 g/mol. The number of hydrogen-bond donors (Lipinski definition) is 2. The molecule has 0 saturated heterocycles. The van der Waals surface area contributed by atoms with Gasteiger partial charge in [-0.25, -0.2) is 8.78 Å². The Labute approximate surface area is 223 Å². The number of alkyl halides is 2. The molecule has 39 heavy (non-hydrogen) atoms. The van der Waals surface area contributed by atoms with Gasteiger partial charge in [-0.15, -0.1) is 0 Å². The fourth-order valence-corrected chi connectivity index (χ4v) is 4.10. The van der Waals surface area contributed by atoms with Gasteiger partial charge in [0.2, 0.25) is 13.7 Å². The van der Waals surface area contributed by atoms with Gasteiger partial charge in [-0.2, -0.15) is 5.10 Å². The van der Waals surface area contributed by atoms with Crippen LogP contribution in [0.15, 0.2) is 71.7 Å². The fraction of sp³-hybridized carbons (Fsp3) is 0.250. The van der Waals surface area contributed by atoms with Crippen LogP contribution in [0.25, 0.3) is 0 Å². The number of carbonyl (C=O) groups excluding carboxylic acids is 1. The largest absolute Gasteiger partial charge is 0.463 e. The molecule has 0 saturated carbocycles. The molecule has 0 aliphatic heterocycles. The van der Waals surface area contributed by atoms with Gasteiger partial charge >= 0.3 is 0 Å². The van der Waals surface area contributed by atoms with Crippen LogP contribution in [0.1, 0.15) is 38.4 Å². The smallest absolute Gasteiger partial charge is 0.272 e. The number of carbonyl (C=O) groups is 1. The molecule has 0 aliphatic carbocycles. The highest BCUT2D eigenvalue weighted by Crippen LogP contribution is 2.25. The number of aromatic nitrogens is 3. The van der Waals surface area contributed by atoms with Gasteiger partial charge in [-0.05, 0) is 35.4 Å². The molecule has 1 amide bonds. The number of methoxy groups -OCH3 is 1. The van der Waals surface area contributed by atoms with E-state index in [0.29, 0.717) is 29.8 Å². The lowest BCUT2D eigenvalue weighted by Gasteiger charge is -2.12. The fourth-order valence-electron chi connectivity index (χ4n) is 4.10. The molecular weight excluding hydrogens is 510 g/mol. The molecule has 0 atom stereocenters. The minimum atomic E-state index is -1.06. The number of pyridine rings is 1. The molecule has 0 spiro atoms. The topological polar surface area (TPSA) is 107 Å². The summed E-state index contributed by atoms with van der Waals surface area (Å²) < 4.78 is 42.1. The van der Waals surface area contributed by atoms with Crippen LogP contribution < -0.4 is 20.3 Å². The number of aromatic amines is 1. The number of benzene rings is 2. The Morgan fingerprint density at radius 1 is 1.03 bits per heavy atom. The van der Waals surface area contributed by atoms with Crippen molar-refractivity contribution in [1.29, 1.82) is 0 Å². The highest BCUT2D eigenvalue weighted by Gasteiger charge is 2.20. The van der Waals surface area contributed by atoms with Gasteiger partial charge < -0.3 is 24.1 Å². The molecule has 4 aromatic rings. The molecule has 0 aliphatic rings. The van der Waals surface area contributed by atoms with E-state index in [1.54, 1.807) is 23.9 Å². The van der Waals surface area contributed by atoms with Gasteiger partial charge in [-0.1, -0.05) is 30.3 Å². The van der Waals surface area contributed by atoms with Crippen molar-refractivity contribution in [1.82, 2.24) is 20.1 Å². The summed E-state index contributed by atoms with van der Waals surface area (Å²) >= 11 is 0. The lowest BCUT2D eigenvalue weighted by atomic mass is 10.0. The molecular formula is C28H28F2N4O5. The first-order chi connectivity index (χ1) is 19.0. The number of amides is 1. The van der Waals surface area contributed by atoms with Crippen LogP contribution in [-0.4, -0.2) is 41.5 Å². The van der Waals surface area contributed by atoms with E-state index in [4.69, 9.17) is 14.2 Å². The van der Waals surface area contributed by atoms with Gasteiger partial charge in [0, 0.05) is 43.5 Å². The van der Waals surface area contributed by atoms with Crippen molar-refractivity contribution >= 4 is 5.91 Å². The zero-order valence-corrected chi connectivity index (χ0v) is 21.3. The minimum absolute atomic E-state index is 0.0306. The van der Waals surface area contributed by atoms with Crippen LogP contribution in [0.3, 0.4) is 0 Å². The Balaban J connectivity index is 1.50. The maximum Gasteiger partial charge on any atom is 0.272 e. The first kappa shape index (κ1) is 27.5. The van der Waals surface area contributed by atoms with E-state index in [1.165, 1.54) is 24.3 Å². The summed E-state index contributed by atoms with van der Waals surface area (Å²) in [5, 5.41) is 9.84. The zero-order chi connectivity index (χ0) is 27.6. The van der Waals surface area contributed by atoms with Crippen molar-refractivity contribution in [2.45, 2.75) is 26.1 Å². The number of H-pyrrole nitrogens is 1. The summed E-state index contributed by atoms with van der Waals surface area (Å²) in [6.07, 6.45) is 2.14. The third-order valence-electron chi connectivity index (χ3n) is 6.01. The molecule has 2 aromatic heterocycles. The number of hydrogen-bond acceptors (Lipinski definition) is 6. The summed E-state index contributed by atoms with van der Waals surface area (Å²) in [5.41, 5.74) is 3.73. The van der Waals surface area contributed by atoms with E-state index in [-0.39, 0.29) is 35.9 Å². The van der Waals surface area contributed by atoms with E-state index in [0.717, 1.165) is 11.1 Å². The standard InChI is InChI=1S/C28H28F2N4O5/c1-37-16-24-23(12-19-5-7-20(8-6-19)15-34-11-3-2-4-26(34)35)27(33-32-24)28(36)31-14-21-13-22(38-17-29)9-10-25(21)39-18-30/h2-11,13H,12,14-18H2,1H3,(H,31,36)(H,32,33). The molecule has 0 fully saturated rings. The lowest BCUT2D eigenvalue weighted by Crippen LogP contribution is -2.25. The minimum Gasteiger partial charge on any atom is -0.463 e. The summed E-state index contributed by atoms with van der Waals surface area (Å²) in [4.78, 5) is 25.1. The predicted octanol–water partition coefficient (Wildman–Crippen LogP) is 3.90. The Morgan fingerprint density at radius 2 is 1.79 bits per heavy atom. The average molecular weight is 539 g/mol. The first-order valence-electron chi connectivity index (χ1n) is 12.1. The maximum absolute atomic E-state index is 13.1. The quantitative estimate of drug-likeness (QED) is 0.267. The molecule has 4 rings (SSSR count). The van der Waals surface area contributed by atoms with E-state index in [2.05, 4.69) is 15.5 Å². The summed E-state index contributed by atoms with van der Waals surface area (Å²) in [7, 11) is 1.55. The second-order valence-corrected chi connectivity index (χ2v) is 8.58. The molecule has 0 unspecified atom stereocenters. The van der Waals surface area contributed by atoms with Crippen LogP contribution in [0, 0.1) is 0 Å². The Morgan fingerprint density at radius 3 is 2.51 bits per heavy atom. The molecule has 2 aromatic carbocycles. The van der Waals surface area contributed by atoms with Gasteiger partial charge in [0.25, 0.3) is 11.5 Å². The Bertz CT molecular complexity index is 1450. The molecule has 2 heterocycles. The van der Waals surface area contributed by atoms with Gasteiger partial charge in [0.1, 0.15) is 11.5 Å². The van der Waals surface area contributed by atoms with Gasteiger partial charge in [0.15, 0.2) is 5.69 Å². The van der Waals surface area contributed by atoms with Crippen LogP contribution >= 0.6 is 0 Å². The molecule has 2 N–H and O–H groups in total. The van der Waals surface area contributed by atoms with Crippen molar-refractivity contribution < 1.29 is 27.8 Å². The number of halogens is 2. The highest BCUT2D eigenvalue weighted by molar-refractivity contribution is 5.94. The molecule has 9 nitrogen and oxygen atoms in total. The predicted molar refractivity (Wildman–Crippen MR) is 139 cm³/mol. The van der Waals surface area contributed by atoms with E-state index < -0.39 is 19.6 Å². The van der Waals surface area contributed by atoms with E-state index >= 15 is 0 Å². The Hall–Kier alpha value is -4.51. The van der Waals surface area contributed by atoms with Crippen molar-refractivity contribution in [3.8, 4) is 11.5 Å². The number of rotatable bonds is 13. The van der Waals surface area contributed by atoms with Crippen molar-refractivity contribution in [2.75, 3.05) is 20.8 Å². The summed E-state index contributed by atoms with van der Waals surface area (Å²) in [6, 6.07) is 17.1. The molecule has 204 valence electrons. The number of ether oxygens (including phenoxy) is 3. The van der Waals surface area contributed by atoms with E-state index in [9.17, 15) is 18.4 Å². The Kier molecular flexibility index (Phi) is 9.41. The summed E-state index contributed by atoms with van der Waals surface area (Å²) in [5.74, 6) is -0.0488. The van der Waals surface area contributed by atoms with E-state index in [1.807, 2.05) is 30.3 Å². The second kappa shape index (κ2) is 13.3. The third kappa shape index (κ3) is 7.08. The maximum atomic E-state index is 13.1. The van der Waals surface area contributed by atoms with Gasteiger partial charge in [-0.3, -0.25) is 14.7 Å². The third-order valence-corrected chi connectivity index (χ3v) is 6.01. The van der Waals surface area contributed by atoms with Crippen molar-refractivity contribution in [2.24, 2.45) is 0 Å². The molecule has 0 radical (unpaired) electrons. The second-order valence-electron chi connectivity index (χ2n) is 8.58. The average Bonchev–Trinajstić information content (AvgIpc) is 3.33. The van der Waals surface area contributed by atoms with Crippen LogP contribution in [0.2, 0.25) is 0 Å². The van der Waals surface area contributed by atoms with Crippen molar-refractivity contribution in [3.05, 3.63) is 111 Å². The van der Waals surface area contributed by atoms with Gasteiger partial charge in [0.05, 0.1) is 18.8 Å². The normalized spacial score (nSPS) is 10.8. The van der Waals surface area contributed by atoms with Crippen molar-refractivity contribution in [3.63, 3.8) is 0 Å². The number of nitrogens with zero attached hydrogens (tertiary/aromatic N) is 2. The lowest BCUT2D eigenvalue weighted by molar-refractivity contribution is 0.0944. The first-order valence-corrected chi connectivity index (χ1v) is 12.1.